The lowest BCUT2D eigenvalue weighted by atomic mass is 10.2. The van der Waals surface area contributed by atoms with Gasteiger partial charge in [0.1, 0.15) is 12.4 Å². The Bertz CT molecular complexity index is 514. The number of aromatic nitrogens is 3. The SMILES string of the molecule is COc1ccc(COc2nc(Cl)nc(Cl)n2)cc1. The quantitative estimate of drug-likeness (QED) is 0.865. The molecule has 1 aromatic carbocycles. The molecule has 1 heterocycles. The molecular weight excluding hydrogens is 277 g/mol. The maximum Gasteiger partial charge on any atom is 0.322 e. The summed E-state index contributed by atoms with van der Waals surface area (Å²) in [5.74, 6) is 0.782. The van der Waals surface area contributed by atoms with Crippen LogP contribution in [0.1, 0.15) is 5.56 Å². The van der Waals surface area contributed by atoms with Crippen LogP contribution >= 0.6 is 23.2 Å². The lowest BCUT2D eigenvalue weighted by Crippen LogP contribution is -2.01. The molecule has 0 aliphatic heterocycles. The fourth-order valence-corrected chi connectivity index (χ4v) is 1.59. The van der Waals surface area contributed by atoms with Crippen LogP contribution in [-0.2, 0) is 6.61 Å². The first-order valence-electron chi connectivity index (χ1n) is 5.00. The number of benzene rings is 1. The Balaban J connectivity index is 2.01. The molecule has 2 aromatic rings. The first-order chi connectivity index (χ1) is 8.67. The van der Waals surface area contributed by atoms with Crippen molar-refractivity contribution in [2.75, 3.05) is 7.11 Å². The van der Waals surface area contributed by atoms with Crippen molar-refractivity contribution in [1.82, 2.24) is 15.0 Å². The molecule has 0 amide bonds. The van der Waals surface area contributed by atoms with E-state index < -0.39 is 0 Å². The minimum Gasteiger partial charge on any atom is -0.497 e. The van der Waals surface area contributed by atoms with Gasteiger partial charge < -0.3 is 9.47 Å². The Morgan fingerprint density at radius 2 is 1.61 bits per heavy atom. The monoisotopic (exact) mass is 285 g/mol. The topological polar surface area (TPSA) is 57.1 Å². The fourth-order valence-electron chi connectivity index (χ4n) is 1.24. The highest BCUT2D eigenvalue weighted by atomic mass is 35.5. The highest BCUT2D eigenvalue weighted by Crippen LogP contribution is 2.15. The summed E-state index contributed by atoms with van der Waals surface area (Å²) in [6, 6.07) is 7.53. The number of hydrogen-bond donors (Lipinski definition) is 0. The van der Waals surface area contributed by atoms with Crippen molar-refractivity contribution < 1.29 is 9.47 Å². The van der Waals surface area contributed by atoms with E-state index in [1.54, 1.807) is 7.11 Å². The minimum absolute atomic E-state index is 0.000249. The van der Waals surface area contributed by atoms with Crippen LogP contribution in [0.3, 0.4) is 0 Å². The first-order valence-corrected chi connectivity index (χ1v) is 5.76. The summed E-state index contributed by atoms with van der Waals surface area (Å²) >= 11 is 11.3. The van der Waals surface area contributed by atoms with Gasteiger partial charge in [-0.05, 0) is 40.9 Å². The number of halogens is 2. The van der Waals surface area contributed by atoms with Crippen molar-refractivity contribution in [1.29, 1.82) is 0 Å². The van der Waals surface area contributed by atoms with Crippen molar-refractivity contribution in [3.63, 3.8) is 0 Å². The molecule has 0 saturated carbocycles. The summed E-state index contributed by atoms with van der Waals surface area (Å²) in [5.41, 5.74) is 0.948. The van der Waals surface area contributed by atoms with Gasteiger partial charge in [-0.2, -0.15) is 15.0 Å². The third kappa shape index (κ3) is 3.45. The van der Waals surface area contributed by atoms with Gasteiger partial charge in [0.25, 0.3) is 0 Å². The van der Waals surface area contributed by atoms with E-state index in [9.17, 15) is 0 Å². The molecule has 0 spiro atoms. The maximum absolute atomic E-state index is 5.63. The van der Waals surface area contributed by atoms with Crippen LogP contribution in [0.4, 0.5) is 0 Å². The van der Waals surface area contributed by atoms with Crippen LogP contribution < -0.4 is 9.47 Å². The highest BCUT2D eigenvalue weighted by Gasteiger charge is 2.04. The van der Waals surface area contributed by atoms with Gasteiger partial charge in [0, 0.05) is 0 Å². The zero-order chi connectivity index (χ0) is 13.0. The van der Waals surface area contributed by atoms with Crippen LogP contribution in [0.15, 0.2) is 24.3 Å². The lowest BCUT2D eigenvalue weighted by Gasteiger charge is -2.05. The van der Waals surface area contributed by atoms with Crippen molar-refractivity contribution in [2.24, 2.45) is 0 Å². The van der Waals surface area contributed by atoms with E-state index in [4.69, 9.17) is 32.7 Å². The van der Waals surface area contributed by atoms with E-state index >= 15 is 0 Å². The number of rotatable bonds is 4. The predicted molar refractivity (Wildman–Crippen MR) is 67.2 cm³/mol. The molecule has 0 N–H and O–H groups in total. The van der Waals surface area contributed by atoms with Gasteiger partial charge in [0.15, 0.2) is 0 Å². The molecule has 0 unspecified atom stereocenters. The van der Waals surface area contributed by atoms with Crippen molar-refractivity contribution in [3.8, 4) is 11.8 Å². The molecule has 7 heteroatoms. The van der Waals surface area contributed by atoms with Gasteiger partial charge in [-0.15, -0.1) is 0 Å². The van der Waals surface area contributed by atoms with Crippen LogP contribution in [-0.4, -0.2) is 22.1 Å². The average molecular weight is 286 g/mol. The Morgan fingerprint density at radius 3 is 2.17 bits per heavy atom. The summed E-state index contributed by atoms with van der Waals surface area (Å²) in [7, 11) is 1.61. The predicted octanol–water partition coefficient (Wildman–Crippen LogP) is 2.77. The maximum atomic E-state index is 5.63. The van der Waals surface area contributed by atoms with Crippen molar-refractivity contribution in [2.45, 2.75) is 6.61 Å². The van der Waals surface area contributed by atoms with Gasteiger partial charge in [-0.1, -0.05) is 12.1 Å². The van der Waals surface area contributed by atoms with Crippen LogP contribution in [0, 0.1) is 0 Å². The molecule has 18 heavy (non-hydrogen) atoms. The number of hydrogen-bond acceptors (Lipinski definition) is 5. The van der Waals surface area contributed by atoms with E-state index in [0.29, 0.717) is 6.61 Å². The zero-order valence-electron chi connectivity index (χ0n) is 9.43. The summed E-state index contributed by atoms with van der Waals surface area (Å²) in [6.45, 7) is 0.306. The summed E-state index contributed by atoms with van der Waals surface area (Å²) in [4.78, 5) is 11.2. The van der Waals surface area contributed by atoms with Crippen molar-refractivity contribution in [3.05, 3.63) is 40.4 Å². The molecule has 0 radical (unpaired) electrons. The molecule has 2 rings (SSSR count). The molecule has 0 saturated heterocycles. The van der Waals surface area contributed by atoms with E-state index in [1.165, 1.54) is 0 Å². The molecule has 0 fully saturated rings. The Labute approximate surface area is 114 Å². The van der Waals surface area contributed by atoms with Gasteiger partial charge in [-0.25, -0.2) is 0 Å². The van der Waals surface area contributed by atoms with E-state index in [2.05, 4.69) is 15.0 Å². The van der Waals surface area contributed by atoms with Crippen molar-refractivity contribution >= 4 is 23.2 Å². The second kappa shape index (κ2) is 5.84. The average Bonchev–Trinajstić information content (AvgIpc) is 2.36. The summed E-state index contributed by atoms with van der Waals surface area (Å²) < 4.78 is 10.4. The largest absolute Gasteiger partial charge is 0.497 e. The van der Waals surface area contributed by atoms with Gasteiger partial charge in [0.05, 0.1) is 7.11 Å². The molecule has 0 aliphatic rings. The Kier molecular flexibility index (Phi) is 4.17. The first kappa shape index (κ1) is 12.9. The second-order valence-corrected chi connectivity index (χ2v) is 3.97. The number of methoxy groups -OCH3 is 1. The van der Waals surface area contributed by atoms with Gasteiger partial charge in [0.2, 0.25) is 10.6 Å². The van der Waals surface area contributed by atoms with Crippen LogP contribution in [0.25, 0.3) is 0 Å². The highest BCUT2D eigenvalue weighted by molar-refractivity contribution is 6.31. The van der Waals surface area contributed by atoms with Gasteiger partial charge in [-0.3, -0.25) is 0 Å². The number of ether oxygens (including phenoxy) is 2. The van der Waals surface area contributed by atoms with E-state index in [1.807, 2.05) is 24.3 Å². The Morgan fingerprint density at radius 1 is 1.00 bits per heavy atom. The van der Waals surface area contributed by atoms with Crippen LogP contribution in [0.2, 0.25) is 10.6 Å². The fraction of sp³-hybridized carbons (Fsp3) is 0.182. The van der Waals surface area contributed by atoms with Crippen LogP contribution in [0.5, 0.6) is 11.8 Å². The molecule has 0 atom stereocenters. The number of nitrogens with zero attached hydrogens (tertiary/aromatic N) is 3. The molecule has 1 aromatic heterocycles. The normalized spacial score (nSPS) is 10.2. The second-order valence-electron chi connectivity index (χ2n) is 3.29. The molecular formula is C11H9Cl2N3O2. The van der Waals surface area contributed by atoms with E-state index in [-0.39, 0.29) is 16.6 Å². The molecule has 94 valence electrons. The third-order valence-corrected chi connectivity index (χ3v) is 2.43. The molecule has 5 nitrogen and oxygen atoms in total. The zero-order valence-corrected chi connectivity index (χ0v) is 10.9. The van der Waals surface area contributed by atoms with Gasteiger partial charge >= 0.3 is 6.01 Å². The molecule has 0 aliphatic carbocycles. The molecule has 0 bridgehead atoms. The lowest BCUT2D eigenvalue weighted by molar-refractivity contribution is 0.279. The summed E-state index contributed by atoms with van der Waals surface area (Å²) in [6.07, 6.45) is 0. The Hall–Kier alpha value is -1.59. The standard InChI is InChI=1S/C11H9Cl2N3O2/c1-17-8-4-2-7(3-5-8)6-18-11-15-9(12)14-10(13)16-11/h2-5H,6H2,1H3. The smallest absolute Gasteiger partial charge is 0.322 e. The van der Waals surface area contributed by atoms with E-state index in [0.717, 1.165) is 11.3 Å². The minimum atomic E-state index is -0.000249. The third-order valence-electron chi connectivity index (χ3n) is 2.09. The summed E-state index contributed by atoms with van der Waals surface area (Å²) in [5, 5.41) is -0.000498.